The molecule has 1 fully saturated rings. The van der Waals surface area contributed by atoms with Crippen molar-refractivity contribution in [3.63, 3.8) is 0 Å². The van der Waals surface area contributed by atoms with Gasteiger partial charge in [-0.15, -0.1) is 0 Å². The second-order valence-corrected chi connectivity index (χ2v) is 7.33. The lowest BCUT2D eigenvalue weighted by atomic mass is 10.2. The molecule has 7 heteroatoms. The Morgan fingerprint density at radius 2 is 1.92 bits per heavy atom. The van der Waals surface area contributed by atoms with E-state index < -0.39 is 0 Å². The fourth-order valence-electron chi connectivity index (χ4n) is 3.10. The molecular weight excluding hydrogens is 347 g/mol. The average Bonchev–Trinajstić information content (AvgIpc) is 3.37. The molecule has 0 spiro atoms. The summed E-state index contributed by atoms with van der Waals surface area (Å²) in [6.45, 7) is 4.94. The number of hydrogen-bond acceptors (Lipinski definition) is 4. The third kappa shape index (κ3) is 2.61. The Labute approximate surface area is 150 Å². The van der Waals surface area contributed by atoms with E-state index in [0.29, 0.717) is 40.9 Å². The highest BCUT2D eigenvalue weighted by Gasteiger charge is 2.36. The molecule has 0 amide bonds. The van der Waals surface area contributed by atoms with Crippen molar-refractivity contribution < 1.29 is 0 Å². The molecule has 1 aliphatic heterocycles. The first kappa shape index (κ1) is 15.9. The number of fused-ring (bicyclic) bond motifs is 1. The first-order valence-electron chi connectivity index (χ1n) is 8.00. The highest BCUT2D eigenvalue weighted by Crippen LogP contribution is 2.37. The van der Waals surface area contributed by atoms with Crippen LogP contribution in [0.5, 0.6) is 0 Å². The number of aryl methyl sites for hydroxylation is 1. The number of halogens is 2. The molecule has 1 aromatic carbocycles. The van der Waals surface area contributed by atoms with Crippen LogP contribution in [0.2, 0.25) is 10.0 Å². The van der Waals surface area contributed by atoms with Gasteiger partial charge in [-0.3, -0.25) is 19.2 Å². The van der Waals surface area contributed by atoms with Gasteiger partial charge in [0, 0.05) is 22.3 Å². The molecule has 2 aliphatic rings. The number of nitrogens with zero attached hydrogens (tertiary/aromatic N) is 4. The first-order chi connectivity index (χ1) is 11.5. The average molecular weight is 365 g/mol. The number of hydrogen-bond donors (Lipinski definition) is 0. The van der Waals surface area contributed by atoms with Crippen molar-refractivity contribution in [2.45, 2.75) is 39.4 Å². The summed E-state index contributed by atoms with van der Waals surface area (Å²) in [5.74, 6) is 0.643. The van der Waals surface area contributed by atoms with Crippen LogP contribution in [0.15, 0.2) is 23.0 Å². The lowest BCUT2D eigenvalue weighted by molar-refractivity contribution is 0.188. The van der Waals surface area contributed by atoms with E-state index in [1.54, 1.807) is 10.6 Å². The smallest absolute Gasteiger partial charge is 0.259 e. The van der Waals surface area contributed by atoms with Crippen LogP contribution in [-0.2, 0) is 6.67 Å². The van der Waals surface area contributed by atoms with E-state index >= 15 is 0 Å². The topological polar surface area (TPSA) is 41.4 Å². The van der Waals surface area contributed by atoms with Gasteiger partial charge in [0.25, 0.3) is 5.56 Å². The maximum atomic E-state index is 12.8. The Morgan fingerprint density at radius 1 is 1.17 bits per heavy atom. The predicted molar refractivity (Wildman–Crippen MR) is 96.3 cm³/mol. The van der Waals surface area contributed by atoms with Crippen LogP contribution in [0.1, 0.15) is 24.1 Å². The van der Waals surface area contributed by atoms with Crippen LogP contribution in [0.25, 0.3) is 0 Å². The van der Waals surface area contributed by atoms with E-state index in [0.717, 1.165) is 11.4 Å². The van der Waals surface area contributed by atoms with Crippen LogP contribution in [0, 0.1) is 13.8 Å². The molecule has 1 saturated carbocycles. The minimum absolute atomic E-state index is 0.0120. The fraction of sp³-hybridized carbons (Fsp3) is 0.412. The lowest BCUT2D eigenvalue weighted by Crippen LogP contribution is -2.48. The third-order valence-electron chi connectivity index (χ3n) is 4.77. The third-order valence-corrected chi connectivity index (χ3v) is 5.31. The summed E-state index contributed by atoms with van der Waals surface area (Å²) in [4.78, 5) is 21.7. The molecule has 0 N–H and O–H groups in total. The Balaban J connectivity index is 1.89. The van der Waals surface area contributed by atoms with Gasteiger partial charge in [0.15, 0.2) is 0 Å². The number of rotatable bonds is 2. The highest BCUT2D eigenvalue weighted by molar-refractivity contribution is 6.36. The first-order valence-corrected chi connectivity index (χ1v) is 8.76. The Hall–Kier alpha value is -1.56. The maximum absolute atomic E-state index is 12.8. The van der Waals surface area contributed by atoms with Gasteiger partial charge in [0.05, 0.1) is 24.0 Å². The zero-order valence-corrected chi connectivity index (χ0v) is 15.1. The van der Waals surface area contributed by atoms with Gasteiger partial charge in [0.1, 0.15) is 0 Å². The van der Waals surface area contributed by atoms with E-state index in [9.17, 15) is 4.79 Å². The van der Waals surface area contributed by atoms with E-state index in [4.69, 9.17) is 23.2 Å². The van der Waals surface area contributed by atoms with Crippen molar-refractivity contribution in [2.24, 2.45) is 0 Å². The summed E-state index contributed by atoms with van der Waals surface area (Å²) in [6.07, 6.45) is 2.34. The lowest BCUT2D eigenvalue weighted by Gasteiger charge is -2.38. The van der Waals surface area contributed by atoms with Gasteiger partial charge in [-0.25, -0.2) is 4.98 Å². The quantitative estimate of drug-likeness (QED) is 0.814. The van der Waals surface area contributed by atoms with E-state index in [-0.39, 0.29) is 5.56 Å². The molecule has 2 heterocycles. The molecule has 4 rings (SSSR count). The highest BCUT2D eigenvalue weighted by atomic mass is 35.5. The summed E-state index contributed by atoms with van der Waals surface area (Å²) in [6, 6.07) is 5.94. The van der Waals surface area contributed by atoms with Gasteiger partial charge in [-0.2, -0.15) is 0 Å². The van der Waals surface area contributed by atoms with Crippen LogP contribution in [0.3, 0.4) is 0 Å². The summed E-state index contributed by atoms with van der Waals surface area (Å²) in [5, 5.41) is 1.14. The predicted octanol–water partition coefficient (Wildman–Crippen LogP) is 3.70. The monoisotopic (exact) mass is 364 g/mol. The van der Waals surface area contributed by atoms with Gasteiger partial charge in [-0.05, 0) is 44.9 Å². The minimum Gasteiger partial charge on any atom is -0.297 e. The van der Waals surface area contributed by atoms with Crippen molar-refractivity contribution in [1.29, 1.82) is 0 Å². The van der Waals surface area contributed by atoms with Gasteiger partial charge in [0.2, 0.25) is 5.95 Å². The normalized spacial score (nSPS) is 17.9. The summed E-state index contributed by atoms with van der Waals surface area (Å²) in [7, 11) is 0. The standard InChI is InChI=1S/C17H18Cl2N4O/c1-10-11(2)20-17-22(15-6-3-12(18)7-14(15)19)8-21(13-4-5-13)9-23(17)16(10)24/h3,6-7,13H,4-5,8-9H2,1-2H3. The van der Waals surface area contributed by atoms with E-state index in [2.05, 4.69) is 9.88 Å². The Bertz CT molecular complexity index is 876. The molecule has 0 unspecified atom stereocenters. The maximum Gasteiger partial charge on any atom is 0.259 e. The molecule has 2 aromatic rings. The number of anilines is 2. The second-order valence-electron chi connectivity index (χ2n) is 6.48. The zero-order valence-electron chi connectivity index (χ0n) is 13.6. The summed E-state index contributed by atoms with van der Waals surface area (Å²) in [5.41, 5.74) is 2.27. The molecule has 1 aliphatic carbocycles. The van der Waals surface area contributed by atoms with Crippen molar-refractivity contribution in [3.8, 4) is 0 Å². The van der Waals surface area contributed by atoms with Gasteiger partial charge in [-0.1, -0.05) is 23.2 Å². The van der Waals surface area contributed by atoms with Gasteiger partial charge >= 0.3 is 0 Å². The Morgan fingerprint density at radius 3 is 2.58 bits per heavy atom. The summed E-state index contributed by atoms with van der Waals surface area (Å²) >= 11 is 12.5. The van der Waals surface area contributed by atoms with Crippen LogP contribution < -0.4 is 10.5 Å². The summed E-state index contributed by atoms with van der Waals surface area (Å²) < 4.78 is 1.75. The van der Waals surface area contributed by atoms with Crippen LogP contribution in [-0.4, -0.2) is 27.2 Å². The Kier molecular flexibility index (Phi) is 3.82. The zero-order chi connectivity index (χ0) is 17.0. The molecule has 0 saturated heterocycles. The second kappa shape index (κ2) is 5.76. The molecule has 126 valence electrons. The van der Waals surface area contributed by atoms with Crippen molar-refractivity contribution in [3.05, 3.63) is 49.9 Å². The molecular formula is C17H18Cl2N4O. The SMILES string of the molecule is Cc1nc2n(c(=O)c1C)CN(C1CC1)CN2c1ccc(Cl)cc1Cl. The van der Waals surface area contributed by atoms with Crippen molar-refractivity contribution >= 4 is 34.8 Å². The molecule has 1 aromatic heterocycles. The van der Waals surface area contributed by atoms with Gasteiger partial charge < -0.3 is 0 Å². The largest absolute Gasteiger partial charge is 0.297 e. The van der Waals surface area contributed by atoms with Crippen LogP contribution >= 0.6 is 23.2 Å². The van der Waals surface area contributed by atoms with Crippen molar-refractivity contribution in [1.82, 2.24) is 14.5 Å². The van der Waals surface area contributed by atoms with Crippen LogP contribution in [0.4, 0.5) is 11.6 Å². The molecule has 24 heavy (non-hydrogen) atoms. The van der Waals surface area contributed by atoms with Crippen molar-refractivity contribution in [2.75, 3.05) is 11.6 Å². The van der Waals surface area contributed by atoms with E-state index in [1.807, 2.05) is 30.9 Å². The molecule has 0 atom stereocenters. The fourth-order valence-corrected chi connectivity index (χ4v) is 3.61. The number of benzene rings is 1. The molecule has 5 nitrogen and oxygen atoms in total. The molecule has 0 radical (unpaired) electrons. The van der Waals surface area contributed by atoms with E-state index in [1.165, 1.54) is 12.8 Å². The minimum atomic E-state index is 0.0120. The number of aromatic nitrogens is 2. The molecule has 0 bridgehead atoms.